The van der Waals surface area contributed by atoms with Gasteiger partial charge in [-0.15, -0.1) is 11.3 Å². The van der Waals surface area contributed by atoms with E-state index in [1.807, 2.05) is 5.51 Å². The van der Waals surface area contributed by atoms with Gasteiger partial charge in [0.2, 0.25) is 0 Å². The third-order valence-corrected chi connectivity index (χ3v) is 4.37. The van der Waals surface area contributed by atoms with Crippen LogP contribution in [-0.2, 0) is 13.0 Å². The fraction of sp³-hybridized carbons (Fsp3) is 0.500. The average Bonchev–Trinajstić information content (AvgIpc) is 2.97. The Morgan fingerprint density at radius 1 is 1.44 bits per heavy atom. The molecule has 0 radical (unpaired) electrons. The number of thiazole rings is 1. The number of aryl methyl sites for hydroxylation is 1. The van der Waals surface area contributed by atoms with Crippen molar-refractivity contribution in [2.45, 2.75) is 38.3 Å². The standard InChI is InChI=1S/C14H19N3S/c1-15-14-5-3-2-4-11-6-17(8-13(11)14)7-12-9-18-10-16-12/h6,8-10,14-15H,2-5,7H2,1H3. The summed E-state index contributed by atoms with van der Waals surface area (Å²) in [5.41, 5.74) is 6.07. The lowest BCUT2D eigenvalue weighted by molar-refractivity contribution is 0.531. The molecule has 18 heavy (non-hydrogen) atoms. The highest BCUT2D eigenvalue weighted by molar-refractivity contribution is 7.07. The van der Waals surface area contributed by atoms with E-state index in [2.05, 4.69) is 39.7 Å². The zero-order valence-electron chi connectivity index (χ0n) is 10.7. The van der Waals surface area contributed by atoms with E-state index in [-0.39, 0.29) is 0 Å². The summed E-state index contributed by atoms with van der Waals surface area (Å²) < 4.78 is 2.29. The van der Waals surface area contributed by atoms with Gasteiger partial charge >= 0.3 is 0 Å². The van der Waals surface area contributed by atoms with Crippen LogP contribution in [0.3, 0.4) is 0 Å². The molecule has 2 aromatic rings. The first-order valence-electron chi connectivity index (χ1n) is 6.59. The van der Waals surface area contributed by atoms with E-state index >= 15 is 0 Å². The van der Waals surface area contributed by atoms with E-state index in [0.717, 1.165) is 12.2 Å². The SMILES string of the molecule is CNC1CCCCc2cn(Cc3cscn3)cc21. The van der Waals surface area contributed by atoms with Crippen LogP contribution in [0, 0.1) is 0 Å². The van der Waals surface area contributed by atoms with Gasteiger partial charge in [-0.3, -0.25) is 0 Å². The first-order chi connectivity index (χ1) is 8.86. The van der Waals surface area contributed by atoms with Crippen LogP contribution >= 0.6 is 11.3 Å². The van der Waals surface area contributed by atoms with E-state index in [1.54, 1.807) is 11.3 Å². The van der Waals surface area contributed by atoms with Crippen molar-refractivity contribution < 1.29 is 0 Å². The zero-order chi connectivity index (χ0) is 12.4. The molecule has 3 rings (SSSR count). The summed E-state index contributed by atoms with van der Waals surface area (Å²) in [4.78, 5) is 4.36. The molecular formula is C14H19N3S. The van der Waals surface area contributed by atoms with E-state index in [9.17, 15) is 0 Å². The number of hydrogen-bond donors (Lipinski definition) is 1. The van der Waals surface area contributed by atoms with Crippen molar-refractivity contribution in [2.24, 2.45) is 0 Å². The van der Waals surface area contributed by atoms with E-state index in [4.69, 9.17) is 0 Å². The van der Waals surface area contributed by atoms with Gasteiger partial charge < -0.3 is 9.88 Å². The number of nitrogens with zero attached hydrogens (tertiary/aromatic N) is 2. The Bertz CT molecular complexity index is 501. The summed E-state index contributed by atoms with van der Waals surface area (Å²) in [7, 11) is 2.07. The zero-order valence-corrected chi connectivity index (χ0v) is 11.5. The van der Waals surface area contributed by atoms with Crippen molar-refractivity contribution in [2.75, 3.05) is 7.05 Å². The Kier molecular flexibility index (Phi) is 3.48. The van der Waals surface area contributed by atoms with Crippen molar-refractivity contribution in [1.82, 2.24) is 14.9 Å². The van der Waals surface area contributed by atoms with Crippen molar-refractivity contribution >= 4 is 11.3 Å². The van der Waals surface area contributed by atoms with E-state index < -0.39 is 0 Å². The minimum absolute atomic E-state index is 0.527. The van der Waals surface area contributed by atoms with Crippen LogP contribution in [-0.4, -0.2) is 16.6 Å². The maximum absolute atomic E-state index is 4.36. The molecule has 0 amide bonds. The summed E-state index contributed by atoms with van der Waals surface area (Å²) in [6, 6.07) is 0.527. The second kappa shape index (κ2) is 5.24. The van der Waals surface area contributed by atoms with Crippen LogP contribution in [0.4, 0.5) is 0 Å². The maximum atomic E-state index is 4.36. The molecule has 0 fully saturated rings. The summed E-state index contributed by atoms with van der Waals surface area (Å²) in [6.45, 7) is 0.896. The molecule has 3 nitrogen and oxygen atoms in total. The molecule has 0 bridgehead atoms. The Morgan fingerprint density at radius 2 is 2.39 bits per heavy atom. The summed E-state index contributed by atoms with van der Waals surface area (Å²) in [5, 5.41) is 5.57. The molecule has 1 aliphatic rings. The van der Waals surface area contributed by atoms with Crippen molar-refractivity contribution in [1.29, 1.82) is 0 Å². The number of rotatable bonds is 3. The number of fused-ring (bicyclic) bond motifs is 1. The molecule has 1 N–H and O–H groups in total. The van der Waals surface area contributed by atoms with Gasteiger partial charge in [-0.05, 0) is 37.4 Å². The van der Waals surface area contributed by atoms with Gasteiger partial charge in [-0.25, -0.2) is 4.98 Å². The monoisotopic (exact) mass is 261 g/mol. The molecule has 96 valence electrons. The Hall–Kier alpha value is -1.13. The molecule has 0 saturated heterocycles. The molecule has 1 aliphatic carbocycles. The third kappa shape index (κ3) is 2.35. The summed E-state index contributed by atoms with van der Waals surface area (Å²) in [5.74, 6) is 0. The van der Waals surface area contributed by atoms with E-state index in [0.29, 0.717) is 6.04 Å². The normalized spacial score (nSPS) is 19.5. The van der Waals surface area contributed by atoms with Gasteiger partial charge in [-0.1, -0.05) is 6.42 Å². The Balaban J connectivity index is 1.86. The molecule has 1 atom stereocenters. The largest absolute Gasteiger partial charge is 0.348 e. The number of aromatic nitrogens is 2. The van der Waals surface area contributed by atoms with Gasteiger partial charge in [0.05, 0.1) is 17.7 Å². The molecule has 2 heterocycles. The average molecular weight is 261 g/mol. The van der Waals surface area contributed by atoms with Crippen LogP contribution in [0.5, 0.6) is 0 Å². The van der Waals surface area contributed by atoms with Crippen LogP contribution < -0.4 is 5.32 Å². The predicted molar refractivity (Wildman–Crippen MR) is 75.0 cm³/mol. The lowest BCUT2D eigenvalue weighted by atomic mass is 10.1. The molecule has 2 aromatic heterocycles. The van der Waals surface area contributed by atoms with Gasteiger partial charge in [0.1, 0.15) is 0 Å². The molecule has 1 unspecified atom stereocenters. The summed E-state index contributed by atoms with van der Waals surface area (Å²) >= 11 is 1.67. The molecule has 0 saturated carbocycles. The Morgan fingerprint density at radius 3 is 3.17 bits per heavy atom. The smallest absolute Gasteiger partial charge is 0.0795 e. The highest BCUT2D eigenvalue weighted by Gasteiger charge is 2.19. The first kappa shape index (κ1) is 11.9. The highest BCUT2D eigenvalue weighted by Crippen LogP contribution is 2.29. The van der Waals surface area contributed by atoms with Crippen molar-refractivity contribution in [3.63, 3.8) is 0 Å². The van der Waals surface area contributed by atoms with Crippen LogP contribution in [0.2, 0.25) is 0 Å². The molecule has 0 aromatic carbocycles. The second-order valence-corrected chi connectivity index (χ2v) is 5.70. The molecule has 0 aliphatic heterocycles. The first-order valence-corrected chi connectivity index (χ1v) is 7.54. The van der Waals surface area contributed by atoms with Crippen LogP contribution in [0.25, 0.3) is 0 Å². The number of nitrogens with one attached hydrogen (secondary N) is 1. The van der Waals surface area contributed by atoms with Crippen molar-refractivity contribution in [3.05, 3.63) is 40.1 Å². The van der Waals surface area contributed by atoms with E-state index in [1.165, 1.54) is 36.8 Å². The molecular weight excluding hydrogens is 242 g/mol. The minimum atomic E-state index is 0.527. The third-order valence-electron chi connectivity index (χ3n) is 3.74. The second-order valence-electron chi connectivity index (χ2n) is 4.98. The van der Waals surface area contributed by atoms with Crippen LogP contribution in [0.1, 0.15) is 42.1 Å². The number of hydrogen-bond acceptors (Lipinski definition) is 3. The van der Waals surface area contributed by atoms with Gasteiger partial charge in [0.15, 0.2) is 0 Å². The lowest BCUT2D eigenvalue weighted by Gasteiger charge is -2.13. The quantitative estimate of drug-likeness (QED) is 0.861. The predicted octanol–water partition coefficient (Wildman–Crippen LogP) is 2.98. The highest BCUT2D eigenvalue weighted by atomic mass is 32.1. The van der Waals surface area contributed by atoms with Gasteiger partial charge in [-0.2, -0.15) is 0 Å². The molecule has 4 heteroatoms. The van der Waals surface area contributed by atoms with Crippen molar-refractivity contribution in [3.8, 4) is 0 Å². The van der Waals surface area contributed by atoms with Crippen LogP contribution in [0.15, 0.2) is 23.3 Å². The van der Waals surface area contributed by atoms with Gasteiger partial charge in [0.25, 0.3) is 0 Å². The topological polar surface area (TPSA) is 29.9 Å². The Labute approximate surface area is 112 Å². The lowest BCUT2D eigenvalue weighted by Crippen LogP contribution is -2.15. The van der Waals surface area contributed by atoms with Gasteiger partial charge in [0, 0.05) is 23.8 Å². The molecule has 0 spiro atoms. The summed E-state index contributed by atoms with van der Waals surface area (Å²) in [6.07, 6.45) is 9.73. The fourth-order valence-corrected chi connectivity index (χ4v) is 3.36. The maximum Gasteiger partial charge on any atom is 0.0795 e. The fourth-order valence-electron chi connectivity index (χ4n) is 2.81. The minimum Gasteiger partial charge on any atom is -0.348 e.